The normalized spacial score (nSPS) is 25.0. The van der Waals surface area contributed by atoms with E-state index in [1.807, 2.05) is 19.2 Å². The van der Waals surface area contributed by atoms with Gasteiger partial charge in [-0.2, -0.15) is 0 Å². The van der Waals surface area contributed by atoms with Crippen LogP contribution < -0.4 is 0 Å². The van der Waals surface area contributed by atoms with E-state index in [1.54, 1.807) is 12.1 Å². The van der Waals surface area contributed by atoms with Gasteiger partial charge in [0, 0.05) is 32.3 Å². The van der Waals surface area contributed by atoms with Crippen molar-refractivity contribution in [2.45, 2.75) is 51.7 Å². The zero-order valence-corrected chi connectivity index (χ0v) is 15.3. The van der Waals surface area contributed by atoms with E-state index in [9.17, 15) is 4.39 Å². The molecule has 4 heteroatoms. The molecule has 134 valence electrons. The molecule has 1 aromatic rings. The van der Waals surface area contributed by atoms with Gasteiger partial charge in [0.15, 0.2) is 0 Å². The maximum atomic E-state index is 13.0. The smallest absolute Gasteiger partial charge is 0.123 e. The lowest BCUT2D eigenvalue weighted by atomic mass is 9.76. The van der Waals surface area contributed by atoms with Crippen LogP contribution >= 0.6 is 0 Å². The van der Waals surface area contributed by atoms with E-state index in [0.29, 0.717) is 17.5 Å². The zero-order valence-electron chi connectivity index (χ0n) is 15.3. The zero-order chi connectivity index (χ0) is 17.2. The molecule has 24 heavy (non-hydrogen) atoms. The summed E-state index contributed by atoms with van der Waals surface area (Å²) in [6.45, 7) is 9.87. The Kier molecular flexibility index (Phi) is 5.58. The topological polar surface area (TPSA) is 15.7 Å². The van der Waals surface area contributed by atoms with Gasteiger partial charge in [0.1, 0.15) is 5.82 Å². The van der Waals surface area contributed by atoms with E-state index >= 15 is 0 Å². The van der Waals surface area contributed by atoms with Crippen LogP contribution in [0.1, 0.15) is 38.7 Å². The van der Waals surface area contributed by atoms with Crippen LogP contribution in [0, 0.1) is 11.2 Å². The van der Waals surface area contributed by atoms with Crippen LogP contribution in [0.4, 0.5) is 4.39 Å². The van der Waals surface area contributed by atoms with E-state index in [2.05, 4.69) is 23.6 Å². The fourth-order valence-electron chi connectivity index (χ4n) is 4.55. The number of methoxy groups -OCH3 is 1. The van der Waals surface area contributed by atoms with Crippen LogP contribution in [0.2, 0.25) is 0 Å². The number of hydrogen-bond donors (Lipinski definition) is 0. The summed E-state index contributed by atoms with van der Waals surface area (Å²) in [6.07, 6.45) is 3.79. The first-order valence-corrected chi connectivity index (χ1v) is 9.23. The van der Waals surface area contributed by atoms with E-state index < -0.39 is 0 Å². The van der Waals surface area contributed by atoms with Gasteiger partial charge in [-0.15, -0.1) is 0 Å². The second kappa shape index (κ2) is 7.51. The first-order valence-electron chi connectivity index (χ1n) is 9.23. The van der Waals surface area contributed by atoms with Crippen molar-refractivity contribution >= 4 is 0 Å². The number of piperidine rings is 1. The molecule has 0 radical (unpaired) electrons. The summed E-state index contributed by atoms with van der Waals surface area (Å²) in [7, 11) is 1.81. The Bertz CT molecular complexity index is 523. The van der Waals surface area contributed by atoms with Crippen LogP contribution in [0.3, 0.4) is 0 Å². The van der Waals surface area contributed by atoms with Gasteiger partial charge < -0.3 is 4.74 Å². The second-order valence-electron chi connectivity index (χ2n) is 7.98. The van der Waals surface area contributed by atoms with Gasteiger partial charge in [-0.3, -0.25) is 9.80 Å². The van der Waals surface area contributed by atoms with Gasteiger partial charge in [0.2, 0.25) is 0 Å². The van der Waals surface area contributed by atoms with Crippen LogP contribution in [-0.4, -0.2) is 55.2 Å². The maximum absolute atomic E-state index is 13.0. The average Bonchev–Trinajstić information content (AvgIpc) is 2.91. The Balaban J connectivity index is 1.57. The molecule has 3 rings (SSSR count). The first-order chi connectivity index (χ1) is 11.5. The quantitative estimate of drug-likeness (QED) is 0.819. The number of nitrogens with zero attached hydrogens (tertiary/aromatic N) is 2. The van der Waals surface area contributed by atoms with Crippen molar-refractivity contribution in [1.29, 1.82) is 0 Å². The highest BCUT2D eigenvalue weighted by Crippen LogP contribution is 2.44. The molecular formula is C20H31FN2O. The monoisotopic (exact) mass is 334 g/mol. The van der Waals surface area contributed by atoms with Crippen molar-refractivity contribution in [3.8, 4) is 0 Å². The molecular weight excluding hydrogens is 303 g/mol. The summed E-state index contributed by atoms with van der Waals surface area (Å²) in [5.74, 6) is -0.153. The summed E-state index contributed by atoms with van der Waals surface area (Å²) in [5, 5.41) is 0. The van der Waals surface area contributed by atoms with Crippen LogP contribution in [-0.2, 0) is 11.3 Å². The molecule has 0 aromatic heterocycles. The average molecular weight is 334 g/mol. The van der Waals surface area contributed by atoms with Crippen molar-refractivity contribution in [2.24, 2.45) is 5.41 Å². The van der Waals surface area contributed by atoms with Crippen LogP contribution in [0.15, 0.2) is 24.3 Å². The van der Waals surface area contributed by atoms with Crippen molar-refractivity contribution in [3.63, 3.8) is 0 Å². The lowest BCUT2D eigenvalue weighted by Gasteiger charge is -2.39. The largest absolute Gasteiger partial charge is 0.383 e. The fraction of sp³-hybridized carbons (Fsp3) is 0.700. The Morgan fingerprint density at radius 3 is 2.46 bits per heavy atom. The Morgan fingerprint density at radius 1 is 1.21 bits per heavy atom. The molecule has 0 N–H and O–H groups in total. The third-order valence-corrected chi connectivity index (χ3v) is 5.91. The van der Waals surface area contributed by atoms with Gasteiger partial charge in [-0.05, 0) is 69.3 Å². The molecule has 0 aliphatic carbocycles. The number of likely N-dealkylation sites (tertiary alicyclic amines) is 2. The van der Waals surface area contributed by atoms with Gasteiger partial charge in [0.05, 0.1) is 6.61 Å². The summed E-state index contributed by atoms with van der Waals surface area (Å²) in [5.41, 5.74) is 1.67. The summed E-state index contributed by atoms with van der Waals surface area (Å²) < 4.78 is 18.5. The van der Waals surface area contributed by atoms with Crippen molar-refractivity contribution in [2.75, 3.05) is 33.4 Å². The fourth-order valence-corrected chi connectivity index (χ4v) is 4.55. The molecule has 0 bridgehead atoms. The minimum Gasteiger partial charge on any atom is -0.383 e. The number of hydrogen-bond acceptors (Lipinski definition) is 3. The predicted molar refractivity (Wildman–Crippen MR) is 95.5 cm³/mol. The van der Waals surface area contributed by atoms with Crippen molar-refractivity contribution < 1.29 is 9.13 Å². The third-order valence-electron chi connectivity index (χ3n) is 5.91. The molecule has 2 fully saturated rings. The molecule has 1 atom stereocenters. The number of rotatable bonds is 5. The Labute approximate surface area is 145 Å². The summed E-state index contributed by atoms with van der Waals surface area (Å²) in [4.78, 5) is 5.15. The highest BCUT2D eigenvalue weighted by molar-refractivity contribution is 5.16. The van der Waals surface area contributed by atoms with E-state index in [1.165, 1.54) is 31.4 Å². The Hall–Kier alpha value is -0.970. The number of ether oxygens (including phenoxy) is 1. The molecule has 2 aliphatic heterocycles. The molecule has 2 heterocycles. The number of benzene rings is 1. The second-order valence-corrected chi connectivity index (χ2v) is 7.98. The molecule has 1 spiro atoms. The van der Waals surface area contributed by atoms with Crippen molar-refractivity contribution in [3.05, 3.63) is 35.6 Å². The lowest BCUT2D eigenvalue weighted by Crippen LogP contribution is -2.42. The molecule has 3 nitrogen and oxygen atoms in total. The van der Waals surface area contributed by atoms with E-state index in [0.717, 1.165) is 26.2 Å². The number of halogens is 1. The molecule has 0 saturated carbocycles. The molecule has 2 aliphatic rings. The van der Waals surface area contributed by atoms with E-state index in [4.69, 9.17) is 4.74 Å². The van der Waals surface area contributed by atoms with Crippen LogP contribution in [0.5, 0.6) is 0 Å². The summed E-state index contributed by atoms with van der Waals surface area (Å²) in [6, 6.07) is 8.09. The van der Waals surface area contributed by atoms with Crippen molar-refractivity contribution in [1.82, 2.24) is 9.80 Å². The van der Waals surface area contributed by atoms with Gasteiger partial charge in [-0.25, -0.2) is 4.39 Å². The molecule has 0 unspecified atom stereocenters. The highest BCUT2D eigenvalue weighted by atomic mass is 19.1. The van der Waals surface area contributed by atoms with Crippen LogP contribution in [0.25, 0.3) is 0 Å². The van der Waals surface area contributed by atoms with Gasteiger partial charge in [-0.1, -0.05) is 12.1 Å². The van der Waals surface area contributed by atoms with Gasteiger partial charge >= 0.3 is 0 Å². The predicted octanol–water partition coefficient (Wildman–Crippen LogP) is 3.54. The first kappa shape index (κ1) is 17.8. The standard InChI is InChI=1S/C20H31FN2O/c1-16(2)23-15-20(12-19(23)14-24-3)8-10-22(11-9-20)13-17-4-6-18(21)7-5-17/h4-7,16,19H,8-15H2,1-3H3/t19-/m1/s1. The SMILES string of the molecule is COC[C@H]1CC2(CCN(Cc3ccc(F)cc3)CC2)CN1C(C)C. The van der Waals surface area contributed by atoms with Gasteiger partial charge in [0.25, 0.3) is 0 Å². The molecule has 1 aromatic carbocycles. The Morgan fingerprint density at radius 2 is 1.88 bits per heavy atom. The highest BCUT2D eigenvalue weighted by Gasteiger charge is 2.45. The van der Waals surface area contributed by atoms with E-state index in [-0.39, 0.29) is 5.82 Å². The lowest BCUT2D eigenvalue weighted by molar-refractivity contribution is 0.0915. The third kappa shape index (κ3) is 3.98. The molecule has 2 saturated heterocycles. The molecule has 0 amide bonds. The maximum Gasteiger partial charge on any atom is 0.123 e. The minimum atomic E-state index is -0.153. The summed E-state index contributed by atoms with van der Waals surface area (Å²) >= 11 is 0. The minimum absolute atomic E-state index is 0.153.